The molecule has 1 fully saturated rings. The van der Waals surface area contributed by atoms with Crippen molar-refractivity contribution in [1.82, 2.24) is 15.3 Å². The normalized spacial score (nSPS) is 16.6. The summed E-state index contributed by atoms with van der Waals surface area (Å²) in [6.07, 6.45) is 4.08. The van der Waals surface area contributed by atoms with Gasteiger partial charge < -0.3 is 19.7 Å². The second-order valence-electron chi connectivity index (χ2n) is 5.94. The number of rotatable bonds is 6. The van der Waals surface area contributed by atoms with E-state index in [9.17, 15) is 4.79 Å². The Kier molecular flexibility index (Phi) is 5.33. The van der Waals surface area contributed by atoms with Crippen molar-refractivity contribution < 1.29 is 14.3 Å². The van der Waals surface area contributed by atoms with Crippen LogP contribution in [0.15, 0.2) is 36.7 Å². The maximum Gasteiger partial charge on any atom is 0.258 e. The van der Waals surface area contributed by atoms with Crippen molar-refractivity contribution in [1.29, 1.82) is 0 Å². The van der Waals surface area contributed by atoms with Gasteiger partial charge >= 0.3 is 0 Å². The van der Waals surface area contributed by atoms with Crippen LogP contribution < -0.4 is 19.7 Å². The third kappa shape index (κ3) is 4.17. The summed E-state index contributed by atoms with van der Waals surface area (Å²) in [6.45, 7) is 3.43. The van der Waals surface area contributed by atoms with Crippen molar-refractivity contribution in [2.24, 2.45) is 0 Å². The number of ether oxygens (including phenoxy) is 2. The zero-order valence-corrected chi connectivity index (χ0v) is 14.4. The molecule has 2 aromatic rings. The van der Waals surface area contributed by atoms with Gasteiger partial charge in [-0.3, -0.25) is 4.79 Å². The minimum atomic E-state index is -0.124. The first-order valence-corrected chi connectivity index (χ1v) is 8.25. The molecule has 7 heteroatoms. The molecule has 0 aliphatic carbocycles. The first kappa shape index (κ1) is 17.0. The number of carbonyl (C=O) groups excluding carboxylic acids is 1. The van der Waals surface area contributed by atoms with E-state index in [1.807, 2.05) is 31.2 Å². The molecule has 1 amide bonds. The molecule has 1 aliphatic rings. The monoisotopic (exact) mass is 342 g/mol. The molecule has 0 bridgehead atoms. The first-order chi connectivity index (χ1) is 12.2. The average molecular weight is 342 g/mol. The molecule has 0 saturated carbocycles. The van der Waals surface area contributed by atoms with Crippen LogP contribution in [-0.4, -0.2) is 48.7 Å². The highest BCUT2D eigenvalue weighted by Crippen LogP contribution is 2.25. The number of methoxy groups -OCH3 is 1. The largest absolute Gasteiger partial charge is 0.484 e. The molecule has 0 spiro atoms. The second-order valence-corrected chi connectivity index (χ2v) is 5.94. The topological polar surface area (TPSA) is 76.6 Å². The molecule has 1 aliphatic heterocycles. The van der Waals surface area contributed by atoms with Crippen LogP contribution in [0.1, 0.15) is 12.0 Å². The lowest BCUT2D eigenvalue weighted by Crippen LogP contribution is -2.39. The first-order valence-electron chi connectivity index (χ1n) is 8.25. The molecular weight excluding hydrogens is 320 g/mol. The molecule has 1 aromatic heterocycles. The van der Waals surface area contributed by atoms with Gasteiger partial charge in [-0.1, -0.05) is 18.2 Å². The molecule has 1 saturated heterocycles. The molecule has 1 N–H and O–H groups in total. The minimum absolute atomic E-state index is 0.00974. The summed E-state index contributed by atoms with van der Waals surface area (Å²) in [4.78, 5) is 22.7. The summed E-state index contributed by atoms with van der Waals surface area (Å²) in [7, 11) is 1.58. The highest BCUT2D eigenvalue weighted by atomic mass is 16.5. The Balaban J connectivity index is 1.51. The van der Waals surface area contributed by atoms with E-state index in [1.165, 1.54) is 0 Å². The molecule has 7 nitrogen and oxygen atoms in total. The summed E-state index contributed by atoms with van der Waals surface area (Å²) in [5.41, 5.74) is 1.01. The minimum Gasteiger partial charge on any atom is -0.484 e. The summed E-state index contributed by atoms with van der Waals surface area (Å²) in [6, 6.07) is 7.70. The van der Waals surface area contributed by atoms with E-state index in [-0.39, 0.29) is 18.6 Å². The van der Waals surface area contributed by atoms with Crippen LogP contribution in [0, 0.1) is 6.92 Å². The van der Waals surface area contributed by atoms with Crippen LogP contribution in [-0.2, 0) is 4.79 Å². The predicted molar refractivity (Wildman–Crippen MR) is 94.0 cm³/mol. The Morgan fingerprint density at radius 2 is 2.12 bits per heavy atom. The van der Waals surface area contributed by atoms with Crippen LogP contribution in [0.2, 0.25) is 0 Å². The summed E-state index contributed by atoms with van der Waals surface area (Å²) in [5, 5.41) is 3.01. The zero-order valence-electron chi connectivity index (χ0n) is 14.4. The van der Waals surface area contributed by atoms with Crippen molar-refractivity contribution >= 4 is 11.7 Å². The number of benzene rings is 1. The van der Waals surface area contributed by atoms with E-state index in [0.717, 1.165) is 24.3 Å². The van der Waals surface area contributed by atoms with Crippen molar-refractivity contribution in [2.75, 3.05) is 31.7 Å². The third-order valence-electron chi connectivity index (χ3n) is 4.15. The number of aromatic nitrogens is 2. The molecule has 132 valence electrons. The molecule has 3 rings (SSSR count). The lowest BCUT2D eigenvalue weighted by molar-refractivity contribution is -0.123. The smallest absolute Gasteiger partial charge is 0.258 e. The van der Waals surface area contributed by atoms with Gasteiger partial charge in [-0.25, -0.2) is 9.97 Å². The van der Waals surface area contributed by atoms with Crippen molar-refractivity contribution in [3.63, 3.8) is 0 Å². The number of carbonyl (C=O) groups is 1. The highest BCUT2D eigenvalue weighted by Gasteiger charge is 2.27. The van der Waals surface area contributed by atoms with Gasteiger partial charge in [-0.2, -0.15) is 0 Å². The lowest BCUT2D eigenvalue weighted by atomic mass is 10.2. The van der Waals surface area contributed by atoms with Gasteiger partial charge in [0.2, 0.25) is 0 Å². The fourth-order valence-electron chi connectivity index (χ4n) is 2.88. The van der Waals surface area contributed by atoms with Gasteiger partial charge in [-0.05, 0) is 25.0 Å². The van der Waals surface area contributed by atoms with E-state index in [4.69, 9.17) is 9.47 Å². The van der Waals surface area contributed by atoms with Crippen LogP contribution in [0.3, 0.4) is 0 Å². The van der Waals surface area contributed by atoms with E-state index in [0.29, 0.717) is 18.2 Å². The number of nitrogens with zero attached hydrogens (tertiary/aromatic N) is 3. The van der Waals surface area contributed by atoms with Gasteiger partial charge in [0.25, 0.3) is 11.8 Å². The lowest BCUT2D eigenvalue weighted by Gasteiger charge is -2.19. The van der Waals surface area contributed by atoms with Crippen LogP contribution in [0.4, 0.5) is 5.82 Å². The molecule has 1 atom stereocenters. The van der Waals surface area contributed by atoms with Gasteiger partial charge in [0.05, 0.1) is 7.11 Å². The molecule has 25 heavy (non-hydrogen) atoms. The van der Waals surface area contributed by atoms with Crippen LogP contribution >= 0.6 is 0 Å². The van der Waals surface area contributed by atoms with E-state index >= 15 is 0 Å². The molecule has 1 unspecified atom stereocenters. The second kappa shape index (κ2) is 7.83. The Bertz CT molecular complexity index is 738. The fraction of sp³-hybridized carbons (Fsp3) is 0.389. The van der Waals surface area contributed by atoms with Crippen molar-refractivity contribution in [3.05, 3.63) is 42.2 Å². The Hall–Kier alpha value is -2.83. The van der Waals surface area contributed by atoms with E-state index in [1.54, 1.807) is 19.5 Å². The summed E-state index contributed by atoms with van der Waals surface area (Å²) in [5.74, 6) is 1.81. The summed E-state index contributed by atoms with van der Waals surface area (Å²) < 4.78 is 10.8. The molecule has 1 aromatic carbocycles. The van der Waals surface area contributed by atoms with Gasteiger partial charge in [0.15, 0.2) is 12.4 Å². The predicted octanol–water partition coefficient (Wildman–Crippen LogP) is 1.57. The SMILES string of the molecule is COc1nccnc1N1CCC(NC(=O)COc2ccccc2C)C1. The van der Waals surface area contributed by atoms with E-state index < -0.39 is 0 Å². The van der Waals surface area contributed by atoms with Crippen LogP contribution in [0.5, 0.6) is 11.6 Å². The number of amides is 1. The number of anilines is 1. The summed E-state index contributed by atoms with van der Waals surface area (Å²) >= 11 is 0. The molecule has 0 radical (unpaired) electrons. The number of nitrogens with one attached hydrogen (secondary N) is 1. The van der Waals surface area contributed by atoms with Gasteiger partial charge in [0.1, 0.15) is 5.75 Å². The Labute approximate surface area is 147 Å². The van der Waals surface area contributed by atoms with Crippen molar-refractivity contribution in [3.8, 4) is 11.6 Å². The standard InChI is InChI=1S/C18H22N4O3/c1-13-5-3-4-6-15(13)25-12-16(23)21-14-7-10-22(11-14)17-18(24-2)20-9-8-19-17/h3-6,8-9,14H,7,10-12H2,1-2H3,(H,21,23). The Morgan fingerprint density at radius 3 is 2.92 bits per heavy atom. The van der Waals surface area contributed by atoms with Crippen molar-refractivity contribution in [2.45, 2.75) is 19.4 Å². The van der Waals surface area contributed by atoms with Gasteiger partial charge in [0, 0.05) is 31.5 Å². The molecular formula is C18H22N4O3. The number of para-hydroxylation sites is 1. The Morgan fingerprint density at radius 1 is 1.32 bits per heavy atom. The van der Waals surface area contributed by atoms with Gasteiger partial charge in [-0.15, -0.1) is 0 Å². The quantitative estimate of drug-likeness (QED) is 0.859. The average Bonchev–Trinajstić information content (AvgIpc) is 3.09. The maximum atomic E-state index is 12.1. The fourth-order valence-corrected chi connectivity index (χ4v) is 2.88. The maximum absolute atomic E-state index is 12.1. The number of hydrogen-bond acceptors (Lipinski definition) is 6. The van der Waals surface area contributed by atoms with Crippen LogP contribution in [0.25, 0.3) is 0 Å². The number of hydrogen-bond donors (Lipinski definition) is 1. The van der Waals surface area contributed by atoms with E-state index in [2.05, 4.69) is 20.2 Å². The number of aryl methyl sites for hydroxylation is 1. The molecule has 2 heterocycles. The highest BCUT2D eigenvalue weighted by molar-refractivity contribution is 5.78. The zero-order chi connectivity index (χ0) is 17.6. The third-order valence-corrected chi connectivity index (χ3v) is 4.15.